The monoisotopic (exact) mass is 471 g/mol. The van der Waals surface area contributed by atoms with E-state index in [0.29, 0.717) is 38.4 Å². The van der Waals surface area contributed by atoms with Gasteiger partial charge in [0.2, 0.25) is 5.91 Å². The molecule has 0 aliphatic rings. The summed E-state index contributed by atoms with van der Waals surface area (Å²) in [4.78, 5) is 26.2. The summed E-state index contributed by atoms with van der Waals surface area (Å²) in [6.07, 6.45) is 9.67. The van der Waals surface area contributed by atoms with E-state index in [1.165, 1.54) is 10.8 Å². The first-order valence-corrected chi connectivity index (χ1v) is 13.1. The molecule has 1 unspecified atom stereocenters. The van der Waals surface area contributed by atoms with Gasteiger partial charge in [-0.25, -0.2) is 0 Å². The molecule has 0 radical (unpaired) electrons. The first-order chi connectivity index (χ1) is 14.7. The molecule has 31 heavy (non-hydrogen) atoms. The zero-order valence-corrected chi connectivity index (χ0v) is 21.3. The molecule has 0 rings (SSSR count). The van der Waals surface area contributed by atoms with Crippen molar-refractivity contribution in [1.29, 1.82) is 0 Å². The standard InChI is InChI=1S/C23H38N2O4S2/c1-7-9-11-21(24-6)31-30-19-12-20(27)25-15-13-22(3,4)28-18-14-23(5,8-2)29-17-10-16-26/h6-7,9,11,16H,8,10,12-15,17-19H2,1-5H3/p+1. The number of carbonyl (C=O) groups excluding carboxylic acids is 2. The fourth-order valence-electron chi connectivity index (χ4n) is 2.42. The van der Waals surface area contributed by atoms with Crippen LogP contribution in [0.25, 0.3) is 4.85 Å². The van der Waals surface area contributed by atoms with Crippen molar-refractivity contribution in [3.8, 4) is 6.57 Å². The molecule has 0 heterocycles. The minimum atomic E-state index is -0.343. The van der Waals surface area contributed by atoms with E-state index < -0.39 is 0 Å². The second-order valence-electron chi connectivity index (χ2n) is 7.88. The highest BCUT2D eigenvalue weighted by Crippen LogP contribution is 2.31. The molecule has 0 bridgehead atoms. The molecule has 0 saturated carbocycles. The molecule has 0 saturated heterocycles. The molecule has 0 aliphatic carbocycles. The number of amides is 1. The first-order valence-electron chi connectivity index (χ1n) is 10.7. The summed E-state index contributed by atoms with van der Waals surface area (Å²) in [6.45, 7) is 17.0. The van der Waals surface area contributed by atoms with Crippen LogP contribution in [0.15, 0.2) is 23.3 Å². The molecule has 0 fully saturated rings. The van der Waals surface area contributed by atoms with E-state index in [4.69, 9.17) is 16.0 Å². The van der Waals surface area contributed by atoms with E-state index in [-0.39, 0.29) is 17.1 Å². The fourth-order valence-corrected chi connectivity index (χ4v) is 4.23. The van der Waals surface area contributed by atoms with E-state index in [1.54, 1.807) is 10.8 Å². The van der Waals surface area contributed by atoms with Gasteiger partial charge in [0.25, 0.3) is 6.57 Å². The van der Waals surface area contributed by atoms with Crippen molar-refractivity contribution in [2.24, 2.45) is 0 Å². The summed E-state index contributed by atoms with van der Waals surface area (Å²) in [5.74, 6) is 0.702. The number of carbonyl (C=O) groups is 2. The van der Waals surface area contributed by atoms with Crippen LogP contribution in [0.2, 0.25) is 0 Å². The number of hydrogen-bond acceptors (Lipinski definition) is 6. The van der Waals surface area contributed by atoms with Crippen LogP contribution >= 0.6 is 21.6 Å². The molecule has 1 N–H and O–H groups in total. The SMILES string of the molecule is C#[N+]C(=CC=CC)SSCCC(=O)NCCC(C)(C)OCCC(C)(CC)OCCC=O. The zero-order chi connectivity index (χ0) is 23.6. The number of rotatable bonds is 18. The highest BCUT2D eigenvalue weighted by atomic mass is 33.1. The molecule has 0 aromatic heterocycles. The Morgan fingerprint density at radius 2 is 1.94 bits per heavy atom. The molecule has 0 spiro atoms. The van der Waals surface area contributed by atoms with Gasteiger partial charge in [0, 0.05) is 42.0 Å². The van der Waals surface area contributed by atoms with Crippen LogP contribution < -0.4 is 5.32 Å². The Hall–Kier alpha value is -1.27. The molecule has 1 amide bonds. The number of nitrogens with zero attached hydrogens (tertiary/aromatic N) is 1. The molecule has 176 valence electrons. The summed E-state index contributed by atoms with van der Waals surface area (Å²) in [6, 6.07) is 0. The van der Waals surface area contributed by atoms with E-state index in [1.807, 2.05) is 45.9 Å². The molecule has 1 atom stereocenters. The van der Waals surface area contributed by atoms with Crippen molar-refractivity contribution in [3.05, 3.63) is 28.1 Å². The Balaban J connectivity index is 4.08. The fraction of sp³-hybridized carbons (Fsp3) is 0.696. The lowest BCUT2D eigenvalue weighted by atomic mass is 9.98. The van der Waals surface area contributed by atoms with Crippen molar-refractivity contribution in [2.45, 2.75) is 77.9 Å². The number of hydrogen-bond donors (Lipinski definition) is 1. The average Bonchev–Trinajstić information content (AvgIpc) is 2.73. The van der Waals surface area contributed by atoms with Crippen molar-refractivity contribution in [1.82, 2.24) is 5.32 Å². The number of aldehydes is 1. The van der Waals surface area contributed by atoms with Crippen LogP contribution in [-0.2, 0) is 19.1 Å². The van der Waals surface area contributed by atoms with E-state index in [9.17, 15) is 9.59 Å². The maximum Gasteiger partial charge on any atom is 0.384 e. The van der Waals surface area contributed by atoms with Gasteiger partial charge >= 0.3 is 5.03 Å². The van der Waals surface area contributed by atoms with Gasteiger partial charge in [0.05, 0.1) is 24.4 Å². The van der Waals surface area contributed by atoms with Crippen LogP contribution in [0.4, 0.5) is 0 Å². The Bertz CT molecular complexity index is 630. The van der Waals surface area contributed by atoms with Crippen molar-refractivity contribution in [2.75, 3.05) is 25.5 Å². The van der Waals surface area contributed by atoms with Crippen LogP contribution in [0, 0.1) is 6.57 Å². The smallest absolute Gasteiger partial charge is 0.375 e. The van der Waals surface area contributed by atoms with Crippen LogP contribution in [0.1, 0.15) is 66.7 Å². The molecular weight excluding hydrogens is 432 g/mol. The predicted octanol–water partition coefficient (Wildman–Crippen LogP) is 5.60. The quantitative estimate of drug-likeness (QED) is 0.121. The van der Waals surface area contributed by atoms with Gasteiger partial charge in [-0.2, -0.15) is 0 Å². The third kappa shape index (κ3) is 16.1. The lowest BCUT2D eigenvalue weighted by molar-refractivity contribution is -0.121. The van der Waals surface area contributed by atoms with E-state index in [0.717, 1.165) is 30.6 Å². The van der Waals surface area contributed by atoms with Gasteiger partial charge in [0.1, 0.15) is 6.29 Å². The molecule has 0 aromatic carbocycles. The highest BCUT2D eigenvalue weighted by Gasteiger charge is 2.25. The van der Waals surface area contributed by atoms with Gasteiger partial charge < -0.3 is 19.6 Å². The predicted molar refractivity (Wildman–Crippen MR) is 133 cm³/mol. The average molecular weight is 472 g/mol. The Morgan fingerprint density at radius 3 is 2.55 bits per heavy atom. The van der Waals surface area contributed by atoms with Gasteiger partial charge in [-0.15, -0.1) is 0 Å². The van der Waals surface area contributed by atoms with Crippen molar-refractivity contribution in [3.63, 3.8) is 0 Å². The lowest BCUT2D eigenvalue weighted by Gasteiger charge is -2.31. The minimum absolute atomic E-state index is 0.0229. The van der Waals surface area contributed by atoms with Gasteiger partial charge in [-0.05, 0) is 51.8 Å². The number of nitrogens with one attached hydrogen (secondary N) is 1. The first kappa shape index (κ1) is 29.7. The number of allylic oxidation sites excluding steroid dienone is 3. The second kappa shape index (κ2) is 17.3. The largest absolute Gasteiger partial charge is 0.384 e. The third-order valence-corrected chi connectivity index (χ3v) is 6.99. The van der Waals surface area contributed by atoms with Gasteiger partial charge in [-0.1, -0.05) is 29.9 Å². The lowest BCUT2D eigenvalue weighted by Crippen LogP contribution is -2.35. The second-order valence-corrected chi connectivity index (χ2v) is 10.3. The normalized spacial score (nSPS) is 14.3. The summed E-state index contributed by atoms with van der Waals surface area (Å²) in [7, 11) is 3.01. The van der Waals surface area contributed by atoms with Gasteiger partial charge in [-0.3, -0.25) is 4.79 Å². The Morgan fingerprint density at radius 1 is 1.19 bits per heavy atom. The molecule has 0 aliphatic heterocycles. The Labute approximate surface area is 196 Å². The summed E-state index contributed by atoms with van der Waals surface area (Å²) in [5.41, 5.74) is -0.632. The van der Waals surface area contributed by atoms with Crippen LogP contribution in [0.5, 0.6) is 0 Å². The maximum absolute atomic E-state index is 12.0. The number of ether oxygens (including phenoxy) is 2. The van der Waals surface area contributed by atoms with E-state index in [2.05, 4.69) is 17.1 Å². The highest BCUT2D eigenvalue weighted by molar-refractivity contribution is 8.78. The molecule has 6 nitrogen and oxygen atoms in total. The van der Waals surface area contributed by atoms with Crippen LogP contribution in [-0.4, -0.2) is 48.9 Å². The Kier molecular flexibility index (Phi) is 16.6. The maximum atomic E-state index is 12.0. The topological polar surface area (TPSA) is 69.0 Å². The third-order valence-electron chi connectivity index (χ3n) is 4.72. The van der Waals surface area contributed by atoms with Gasteiger partial charge in [0.15, 0.2) is 0 Å². The zero-order valence-electron chi connectivity index (χ0n) is 19.6. The summed E-state index contributed by atoms with van der Waals surface area (Å²) < 4.78 is 11.9. The molecule has 8 heteroatoms. The minimum Gasteiger partial charge on any atom is -0.375 e. The van der Waals surface area contributed by atoms with Crippen LogP contribution in [0.3, 0.4) is 0 Å². The molecular formula is C23H39N2O4S2+. The van der Waals surface area contributed by atoms with Crippen molar-refractivity contribution < 1.29 is 19.1 Å². The summed E-state index contributed by atoms with van der Waals surface area (Å²) in [5, 5.41) is 3.67. The van der Waals surface area contributed by atoms with Crippen molar-refractivity contribution >= 4 is 33.8 Å². The van der Waals surface area contributed by atoms with E-state index >= 15 is 0 Å². The summed E-state index contributed by atoms with van der Waals surface area (Å²) >= 11 is 0. The molecule has 0 aromatic rings.